The number of hydrogen-bond donors (Lipinski definition) is 0. The van der Waals surface area contributed by atoms with Crippen LogP contribution in [0.5, 0.6) is 0 Å². The first-order chi connectivity index (χ1) is 12.8. The van der Waals surface area contributed by atoms with Crippen molar-refractivity contribution >= 4 is 17.6 Å². The van der Waals surface area contributed by atoms with E-state index in [-0.39, 0.29) is 18.1 Å². The fourth-order valence-corrected chi connectivity index (χ4v) is 2.81. The molecule has 2 aromatic carbocycles. The molecule has 0 radical (unpaired) electrons. The maximum Gasteiger partial charge on any atom is 0.310 e. The van der Waals surface area contributed by atoms with Crippen molar-refractivity contribution in [1.82, 2.24) is 4.90 Å². The monoisotopic (exact) mass is 370 g/mol. The highest BCUT2D eigenvalue weighted by atomic mass is 16.6. The van der Waals surface area contributed by atoms with Gasteiger partial charge in [0.25, 0.3) is 11.6 Å². The Morgan fingerprint density at radius 3 is 2.41 bits per heavy atom. The Bertz CT molecular complexity index is 836. The molecule has 2 rings (SSSR count). The van der Waals surface area contributed by atoms with Crippen LogP contribution in [0.25, 0.3) is 0 Å². The van der Waals surface area contributed by atoms with E-state index >= 15 is 0 Å². The summed E-state index contributed by atoms with van der Waals surface area (Å²) < 4.78 is 4.76. The summed E-state index contributed by atoms with van der Waals surface area (Å²) in [7, 11) is 1.31. The summed E-state index contributed by atoms with van der Waals surface area (Å²) in [4.78, 5) is 36.9. The Labute approximate surface area is 157 Å². The third-order valence-corrected chi connectivity index (χ3v) is 4.24. The summed E-state index contributed by atoms with van der Waals surface area (Å²) in [6.07, 6.45) is 0. The second kappa shape index (κ2) is 8.93. The van der Waals surface area contributed by atoms with E-state index < -0.39 is 16.8 Å². The van der Waals surface area contributed by atoms with Gasteiger partial charge in [-0.25, -0.2) is 0 Å². The van der Waals surface area contributed by atoms with Crippen LogP contribution in [0.15, 0.2) is 48.5 Å². The van der Waals surface area contributed by atoms with E-state index in [1.54, 1.807) is 18.7 Å². The maximum atomic E-state index is 13.0. The Balaban J connectivity index is 2.30. The van der Waals surface area contributed by atoms with Crippen molar-refractivity contribution in [2.45, 2.75) is 20.4 Å². The molecule has 0 aromatic heterocycles. The van der Waals surface area contributed by atoms with Crippen molar-refractivity contribution in [3.05, 3.63) is 75.3 Å². The minimum Gasteiger partial charge on any atom is -0.469 e. The number of esters is 1. The lowest BCUT2D eigenvalue weighted by molar-refractivity contribution is -0.385. The number of carbonyl (C=O) groups is 2. The number of ether oxygens (including phenoxy) is 1. The number of benzene rings is 2. The van der Waals surface area contributed by atoms with Gasteiger partial charge in [0.05, 0.1) is 18.0 Å². The summed E-state index contributed by atoms with van der Waals surface area (Å²) in [5.41, 5.74) is 1.63. The topological polar surface area (TPSA) is 89.8 Å². The molecule has 27 heavy (non-hydrogen) atoms. The van der Waals surface area contributed by atoms with Gasteiger partial charge in [-0.2, -0.15) is 0 Å². The highest BCUT2D eigenvalue weighted by Crippen LogP contribution is 2.21. The average Bonchev–Trinajstić information content (AvgIpc) is 2.66. The van der Waals surface area contributed by atoms with E-state index in [0.717, 1.165) is 5.56 Å². The van der Waals surface area contributed by atoms with E-state index in [1.165, 1.54) is 25.3 Å². The Hall–Kier alpha value is -3.22. The molecule has 0 N–H and O–H groups in total. The van der Waals surface area contributed by atoms with Crippen LogP contribution in [0.1, 0.15) is 28.4 Å². The first kappa shape index (κ1) is 20.1. The molecule has 1 amide bonds. The SMILES string of the molecule is COC(=O)C(C)CN(Cc1ccccc1)C(=O)c1ccc([N+](=O)[O-])c(C)c1. The second-order valence-corrected chi connectivity index (χ2v) is 6.35. The minimum absolute atomic E-state index is 0.0379. The molecule has 0 bridgehead atoms. The number of nitro benzene ring substituents is 1. The number of nitrogens with zero attached hydrogens (tertiary/aromatic N) is 2. The number of methoxy groups -OCH3 is 1. The molecular formula is C20H22N2O5. The van der Waals surface area contributed by atoms with Crippen LogP contribution in [0, 0.1) is 23.0 Å². The summed E-state index contributed by atoms with van der Waals surface area (Å²) in [5, 5.41) is 11.0. The molecule has 0 saturated heterocycles. The highest BCUT2D eigenvalue weighted by Gasteiger charge is 2.24. The zero-order chi connectivity index (χ0) is 20.0. The van der Waals surface area contributed by atoms with Crippen molar-refractivity contribution in [3.8, 4) is 0 Å². The lowest BCUT2D eigenvalue weighted by atomic mass is 10.1. The second-order valence-electron chi connectivity index (χ2n) is 6.35. The number of carbonyl (C=O) groups excluding carboxylic acids is 2. The van der Waals surface area contributed by atoms with Crippen molar-refractivity contribution in [2.75, 3.05) is 13.7 Å². The van der Waals surface area contributed by atoms with Gasteiger partial charge in [0, 0.05) is 30.3 Å². The van der Waals surface area contributed by atoms with Crippen LogP contribution < -0.4 is 0 Å². The van der Waals surface area contributed by atoms with Gasteiger partial charge in [-0.15, -0.1) is 0 Å². The third kappa shape index (κ3) is 5.13. The van der Waals surface area contributed by atoms with Gasteiger partial charge in [-0.3, -0.25) is 19.7 Å². The van der Waals surface area contributed by atoms with Crippen LogP contribution in [0.2, 0.25) is 0 Å². The van der Waals surface area contributed by atoms with Gasteiger partial charge in [-0.1, -0.05) is 37.3 Å². The molecule has 0 aliphatic carbocycles. The molecule has 0 fully saturated rings. The molecule has 0 aliphatic rings. The Morgan fingerprint density at radius 2 is 1.85 bits per heavy atom. The first-order valence-corrected chi connectivity index (χ1v) is 8.49. The molecule has 2 aromatic rings. The van der Waals surface area contributed by atoms with E-state index in [1.807, 2.05) is 30.3 Å². The number of amides is 1. The molecule has 7 heteroatoms. The summed E-state index contributed by atoms with van der Waals surface area (Å²) in [5.74, 6) is -1.20. The van der Waals surface area contributed by atoms with E-state index in [4.69, 9.17) is 4.74 Å². The molecule has 142 valence electrons. The van der Waals surface area contributed by atoms with Gasteiger partial charge in [0.1, 0.15) is 0 Å². The lowest BCUT2D eigenvalue weighted by Crippen LogP contribution is -2.37. The lowest BCUT2D eigenvalue weighted by Gasteiger charge is -2.25. The van der Waals surface area contributed by atoms with Crippen LogP contribution >= 0.6 is 0 Å². The molecule has 7 nitrogen and oxygen atoms in total. The fourth-order valence-electron chi connectivity index (χ4n) is 2.81. The molecule has 1 atom stereocenters. The number of nitro groups is 1. The van der Waals surface area contributed by atoms with Crippen molar-refractivity contribution < 1.29 is 19.2 Å². The number of aryl methyl sites for hydroxylation is 1. The molecule has 0 aliphatic heterocycles. The predicted octanol–water partition coefficient (Wildman–Crippen LogP) is 3.35. The average molecular weight is 370 g/mol. The zero-order valence-electron chi connectivity index (χ0n) is 15.5. The van der Waals surface area contributed by atoms with Gasteiger partial charge < -0.3 is 9.64 Å². The maximum absolute atomic E-state index is 13.0. The molecular weight excluding hydrogens is 348 g/mol. The van der Waals surface area contributed by atoms with Gasteiger partial charge in [0.15, 0.2) is 0 Å². The minimum atomic E-state index is -0.498. The smallest absolute Gasteiger partial charge is 0.310 e. The summed E-state index contributed by atoms with van der Waals surface area (Å²) >= 11 is 0. The molecule has 1 unspecified atom stereocenters. The summed E-state index contributed by atoms with van der Waals surface area (Å²) in [6, 6.07) is 13.7. The van der Waals surface area contributed by atoms with Gasteiger partial charge in [-0.05, 0) is 24.6 Å². The predicted molar refractivity (Wildman–Crippen MR) is 100 cm³/mol. The van der Waals surface area contributed by atoms with Gasteiger partial charge >= 0.3 is 5.97 Å². The first-order valence-electron chi connectivity index (χ1n) is 8.49. The Kier molecular flexibility index (Phi) is 6.65. The largest absolute Gasteiger partial charge is 0.469 e. The number of rotatable bonds is 7. The number of hydrogen-bond acceptors (Lipinski definition) is 5. The van der Waals surface area contributed by atoms with E-state index in [0.29, 0.717) is 17.7 Å². The van der Waals surface area contributed by atoms with Crippen LogP contribution in [0.3, 0.4) is 0 Å². The molecule has 0 saturated carbocycles. The van der Waals surface area contributed by atoms with Crippen LogP contribution in [-0.2, 0) is 16.1 Å². The fraction of sp³-hybridized carbons (Fsp3) is 0.300. The third-order valence-electron chi connectivity index (χ3n) is 4.24. The normalized spacial score (nSPS) is 11.5. The van der Waals surface area contributed by atoms with Crippen molar-refractivity contribution in [3.63, 3.8) is 0 Å². The van der Waals surface area contributed by atoms with E-state index in [9.17, 15) is 19.7 Å². The van der Waals surface area contributed by atoms with Crippen LogP contribution in [0.4, 0.5) is 5.69 Å². The van der Waals surface area contributed by atoms with Crippen LogP contribution in [-0.4, -0.2) is 35.4 Å². The molecule has 0 spiro atoms. The van der Waals surface area contributed by atoms with E-state index in [2.05, 4.69) is 0 Å². The van der Waals surface area contributed by atoms with Crippen molar-refractivity contribution in [2.24, 2.45) is 5.92 Å². The standard InChI is InChI=1S/C20H22N2O5/c1-14-11-17(9-10-18(14)22(25)26)19(23)21(12-15(2)20(24)27-3)13-16-7-5-4-6-8-16/h4-11,15H,12-13H2,1-3H3. The van der Waals surface area contributed by atoms with Crippen molar-refractivity contribution in [1.29, 1.82) is 0 Å². The van der Waals surface area contributed by atoms with Gasteiger partial charge in [0.2, 0.25) is 0 Å². The summed E-state index contributed by atoms with van der Waals surface area (Å²) in [6.45, 7) is 3.78. The Morgan fingerprint density at radius 1 is 1.19 bits per heavy atom. The zero-order valence-corrected chi connectivity index (χ0v) is 15.5. The molecule has 0 heterocycles. The quantitative estimate of drug-likeness (QED) is 0.423. The highest BCUT2D eigenvalue weighted by molar-refractivity contribution is 5.95.